The summed E-state index contributed by atoms with van der Waals surface area (Å²) in [7, 11) is 0. The third kappa shape index (κ3) is 3.04. The molecule has 1 N–H and O–H groups in total. The number of nitrogens with one attached hydrogen (secondary N) is 1. The summed E-state index contributed by atoms with van der Waals surface area (Å²) in [6.07, 6.45) is 0. The number of nitro benzene ring substituents is 1. The molecule has 1 amide bonds. The van der Waals surface area contributed by atoms with E-state index in [1.54, 1.807) is 30.3 Å². The van der Waals surface area contributed by atoms with Crippen molar-refractivity contribution in [1.82, 2.24) is 0 Å². The Balaban J connectivity index is 1.92. The van der Waals surface area contributed by atoms with Crippen molar-refractivity contribution >= 4 is 50.3 Å². The number of thiophene rings is 1. The molecule has 2 aromatic carbocycles. The molecule has 3 aromatic rings. The number of carbonyl (C=O) groups is 1. The maximum atomic E-state index is 12.4. The van der Waals surface area contributed by atoms with E-state index in [0.717, 1.165) is 10.3 Å². The second-order valence-electron chi connectivity index (χ2n) is 4.96. The van der Waals surface area contributed by atoms with Crippen LogP contribution in [0.2, 0.25) is 5.02 Å². The molecule has 0 atom stereocenters. The van der Waals surface area contributed by atoms with Crippen LogP contribution in [0.1, 0.15) is 15.2 Å². The van der Waals surface area contributed by atoms with Crippen molar-refractivity contribution in [3.63, 3.8) is 0 Å². The Bertz CT molecular complexity index is 936. The van der Waals surface area contributed by atoms with Gasteiger partial charge < -0.3 is 5.32 Å². The number of nitro groups is 1. The van der Waals surface area contributed by atoms with Gasteiger partial charge in [-0.15, -0.1) is 11.3 Å². The predicted molar refractivity (Wildman–Crippen MR) is 92.6 cm³/mol. The van der Waals surface area contributed by atoms with Crippen LogP contribution < -0.4 is 5.32 Å². The van der Waals surface area contributed by atoms with Crippen molar-refractivity contribution in [2.75, 3.05) is 5.32 Å². The van der Waals surface area contributed by atoms with E-state index in [4.69, 9.17) is 11.6 Å². The standard InChI is InChI=1S/C16H11ClN2O3S/c1-9-12(17)3-2-4-13(9)18-16(20)15-8-10-7-11(19(21)22)5-6-14(10)23-15/h2-8H,1H3,(H,18,20). The van der Waals surface area contributed by atoms with Crippen LogP contribution in [0.3, 0.4) is 0 Å². The number of carbonyl (C=O) groups excluding carboxylic acids is 1. The molecule has 0 radical (unpaired) electrons. The van der Waals surface area contributed by atoms with Crippen LogP contribution in [0.15, 0.2) is 42.5 Å². The van der Waals surface area contributed by atoms with Gasteiger partial charge in [-0.05, 0) is 36.8 Å². The van der Waals surface area contributed by atoms with Gasteiger partial charge in [-0.2, -0.15) is 0 Å². The minimum absolute atomic E-state index is 0.00736. The number of halogens is 1. The molecule has 0 unspecified atom stereocenters. The van der Waals surface area contributed by atoms with Gasteiger partial charge in [-0.1, -0.05) is 17.7 Å². The molecular formula is C16H11ClN2O3S. The summed E-state index contributed by atoms with van der Waals surface area (Å²) in [6, 6.07) is 11.5. The van der Waals surface area contributed by atoms with Gasteiger partial charge in [0.05, 0.1) is 9.80 Å². The second-order valence-corrected chi connectivity index (χ2v) is 6.45. The number of nitrogens with zero attached hydrogens (tertiary/aromatic N) is 1. The summed E-state index contributed by atoms with van der Waals surface area (Å²) in [5, 5.41) is 14.9. The molecule has 0 spiro atoms. The maximum Gasteiger partial charge on any atom is 0.270 e. The highest BCUT2D eigenvalue weighted by Crippen LogP contribution is 2.30. The van der Waals surface area contributed by atoms with Crippen molar-refractivity contribution in [1.29, 1.82) is 0 Å². The molecule has 3 rings (SSSR count). The number of amides is 1. The first-order chi connectivity index (χ1) is 11.0. The maximum absolute atomic E-state index is 12.4. The fourth-order valence-electron chi connectivity index (χ4n) is 2.18. The highest BCUT2D eigenvalue weighted by Gasteiger charge is 2.14. The van der Waals surface area contributed by atoms with Crippen molar-refractivity contribution in [2.24, 2.45) is 0 Å². The Hall–Kier alpha value is -2.44. The van der Waals surface area contributed by atoms with Crippen LogP contribution in [-0.4, -0.2) is 10.8 Å². The summed E-state index contributed by atoms with van der Waals surface area (Å²) < 4.78 is 0.823. The highest BCUT2D eigenvalue weighted by atomic mass is 35.5. The summed E-state index contributed by atoms with van der Waals surface area (Å²) in [5.41, 5.74) is 1.44. The molecule has 1 heterocycles. The van der Waals surface area contributed by atoms with Crippen LogP contribution in [0.4, 0.5) is 11.4 Å². The quantitative estimate of drug-likeness (QED) is 0.534. The molecule has 5 nitrogen and oxygen atoms in total. The lowest BCUT2D eigenvalue weighted by Gasteiger charge is -2.08. The van der Waals surface area contributed by atoms with E-state index < -0.39 is 4.92 Å². The second kappa shape index (κ2) is 5.98. The number of fused-ring (bicyclic) bond motifs is 1. The van der Waals surface area contributed by atoms with Gasteiger partial charge in [0.25, 0.3) is 11.6 Å². The molecule has 0 aliphatic heterocycles. The lowest BCUT2D eigenvalue weighted by molar-refractivity contribution is -0.384. The van der Waals surface area contributed by atoms with Crippen LogP contribution in [0.25, 0.3) is 10.1 Å². The van der Waals surface area contributed by atoms with E-state index in [1.807, 2.05) is 6.92 Å². The SMILES string of the molecule is Cc1c(Cl)cccc1NC(=O)c1cc2cc([N+](=O)[O-])ccc2s1. The number of anilines is 1. The number of hydrogen-bond acceptors (Lipinski definition) is 4. The lowest BCUT2D eigenvalue weighted by atomic mass is 10.2. The Morgan fingerprint density at radius 1 is 1.26 bits per heavy atom. The topological polar surface area (TPSA) is 72.2 Å². The van der Waals surface area contributed by atoms with E-state index >= 15 is 0 Å². The molecular weight excluding hydrogens is 336 g/mol. The number of non-ortho nitro benzene ring substituents is 1. The van der Waals surface area contributed by atoms with E-state index in [1.165, 1.54) is 23.5 Å². The summed E-state index contributed by atoms with van der Waals surface area (Å²) in [5.74, 6) is -0.265. The van der Waals surface area contributed by atoms with Crippen LogP contribution in [0.5, 0.6) is 0 Å². The van der Waals surface area contributed by atoms with E-state index in [-0.39, 0.29) is 11.6 Å². The highest BCUT2D eigenvalue weighted by molar-refractivity contribution is 7.20. The Morgan fingerprint density at radius 3 is 2.78 bits per heavy atom. The van der Waals surface area contributed by atoms with E-state index in [9.17, 15) is 14.9 Å². The summed E-state index contributed by atoms with van der Waals surface area (Å²) in [6.45, 7) is 1.83. The molecule has 0 aliphatic carbocycles. The van der Waals surface area contributed by atoms with Crippen molar-refractivity contribution in [3.8, 4) is 0 Å². The molecule has 116 valence electrons. The van der Waals surface area contributed by atoms with Gasteiger partial charge in [0.1, 0.15) is 0 Å². The van der Waals surface area contributed by atoms with Crippen molar-refractivity contribution in [2.45, 2.75) is 6.92 Å². The van der Waals surface area contributed by atoms with Gasteiger partial charge in [0.2, 0.25) is 0 Å². The average molecular weight is 347 g/mol. The normalized spacial score (nSPS) is 10.7. The zero-order valence-electron chi connectivity index (χ0n) is 12.0. The zero-order valence-corrected chi connectivity index (χ0v) is 13.6. The van der Waals surface area contributed by atoms with Crippen molar-refractivity contribution < 1.29 is 9.72 Å². The predicted octanol–water partition coefficient (Wildman–Crippen LogP) is 5.02. The fourth-order valence-corrected chi connectivity index (χ4v) is 3.30. The Labute approximate surface area is 140 Å². The zero-order chi connectivity index (χ0) is 16.6. The van der Waals surface area contributed by atoms with Gasteiger partial charge in [0.15, 0.2) is 0 Å². The van der Waals surface area contributed by atoms with Gasteiger partial charge in [-0.25, -0.2) is 0 Å². The smallest absolute Gasteiger partial charge is 0.270 e. The molecule has 23 heavy (non-hydrogen) atoms. The first-order valence-corrected chi connectivity index (χ1v) is 7.89. The van der Waals surface area contributed by atoms with E-state index in [0.29, 0.717) is 21.0 Å². The third-order valence-corrected chi connectivity index (χ3v) is 4.97. The lowest BCUT2D eigenvalue weighted by Crippen LogP contribution is -2.11. The summed E-state index contributed by atoms with van der Waals surface area (Å²) >= 11 is 7.33. The minimum atomic E-state index is -0.452. The minimum Gasteiger partial charge on any atom is -0.321 e. The first kappa shape index (κ1) is 15.5. The Kier molecular flexibility index (Phi) is 4.02. The molecule has 0 bridgehead atoms. The number of hydrogen-bond donors (Lipinski definition) is 1. The van der Waals surface area contributed by atoms with Crippen molar-refractivity contribution in [3.05, 3.63) is 68.0 Å². The largest absolute Gasteiger partial charge is 0.321 e. The Morgan fingerprint density at radius 2 is 2.04 bits per heavy atom. The van der Waals surface area contributed by atoms with Crippen LogP contribution >= 0.6 is 22.9 Å². The number of rotatable bonds is 3. The average Bonchev–Trinajstić information content (AvgIpc) is 2.95. The third-order valence-electron chi connectivity index (χ3n) is 3.45. The molecule has 0 saturated heterocycles. The molecule has 1 aromatic heterocycles. The molecule has 7 heteroatoms. The van der Waals surface area contributed by atoms with Crippen LogP contribution in [0, 0.1) is 17.0 Å². The van der Waals surface area contributed by atoms with Gasteiger partial charge in [-0.3, -0.25) is 14.9 Å². The van der Waals surface area contributed by atoms with Gasteiger partial charge in [0, 0.05) is 32.9 Å². The van der Waals surface area contributed by atoms with E-state index in [2.05, 4.69) is 5.32 Å². The number of benzene rings is 2. The molecule has 0 fully saturated rings. The monoisotopic (exact) mass is 346 g/mol. The molecule has 0 aliphatic rings. The fraction of sp³-hybridized carbons (Fsp3) is 0.0625. The first-order valence-electron chi connectivity index (χ1n) is 6.70. The summed E-state index contributed by atoms with van der Waals surface area (Å²) in [4.78, 5) is 23.2. The molecule has 0 saturated carbocycles. The van der Waals surface area contributed by atoms with Gasteiger partial charge >= 0.3 is 0 Å². The van der Waals surface area contributed by atoms with Crippen LogP contribution in [-0.2, 0) is 0 Å².